The minimum absolute atomic E-state index is 0.238. The van der Waals surface area contributed by atoms with Gasteiger partial charge >= 0.3 is 0 Å². The molecule has 0 N–H and O–H groups in total. The molecule has 6 rings (SSSR count). The summed E-state index contributed by atoms with van der Waals surface area (Å²) in [7, 11) is 0. The quantitative estimate of drug-likeness (QED) is 0.443. The Bertz CT molecular complexity index is 1330. The number of ether oxygens (including phenoxy) is 2. The zero-order valence-electron chi connectivity index (χ0n) is 14.9. The molecular weight excluding hydrogens is 350 g/mol. The molecule has 3 heterocycles. The number of fused-ring (bicyclic) bond motifs is 4. The van der Waals surface area contributed by atoms with Crippen LogP contribution in [-0.2, 0) is 0 Å². The van der Waals surface area contributed by atoms with Crippen LogP contribution in [0.5, 0.6) is 11.5 Å². The largest absolute Gasteiger partial charge is 0.454 e. The molecule has 0 saturated carbocycles. The summed E-state index contributed by atoms with van der Waals surface area (Å²) < 4.78 is 13.1. The summed E-state index contributed by atoms with van der Waals surface area (Å²) in [5, 5.41) is 6.97. The number of pyridine rings is 1. The second-order valence-electron chi connectivity index (χ2n) is 6.71. The second kappa shape index (κ2) is 5.82. The van der Waals surface area contributed by atoms with Gasteiger partial charge in [-0.25, -0.2) is 4.68 Å². The summed E-state index contributed by atoms with van der Waals surface area (Å²) in [6, 6.07) is 24.3. The molecule has 0 bridgehead atoms. The fraction of sp³-hybridized carbons (Fsp3) is 0.0435. The third-order valence-corrected chi connectivity index (χ3v) is 5.05. The van der Waals surface area contributed by atoms with Gasteiger partial charge in [-0.1, -0.05) is 48.5 Å². The third kappa shape index (κ3) is 2.19. The van der Waals surface area contributed by atoms with Crippen LogP contribution in [0.4, 0.5) is 0 Å². The first-order valence-electron chi connectivity index (χ1n) is 9.10. The standard InChI is InChI=1S/C23H15N3O2/c1-3-7-15(8-4-1)22-18-13-24-19-12-21-20(27-14-28-21)11-17(19)23(18)26(25-22)16-9-5-2-6-10-16/h1-13H,14H2. The number of nitrogens with zero attached hydrogens (tertiary/aromatic N) is 3. The minimum Gasteiger partial charge on any atom is -0.454 e. The van der Waals surface area contributed by atoms with Gasteiger partial charge in [0.05, 0.1) is 16.7 Å². The highest BCUT2D eigenvalue weighted by Gasteiger charge is 2.20. The van der Waals surface area contributed by atoms with E-state index in [0.717, 1.165) is 50.2 Å². The van der Waals surface area contributed by atoms with Crippen LogP contribution in [0, 0.1) is 0 Å². The van der Waals surface area contributed by atoms with Crippen LogP contribution in [-0.4, -0.2) is 21.6 Å². The molecule has 1 aliphatic rings. The summed E-state index contributed by atoms with van der Waals surface area (Å²) in [6.45, 7) is 0.238. The van der Waals surface area contributed by atoms with Gasteiger partial charge < -0.3 is 9.47 Å². The summed E-state index contributed by atoms with van der Waals surface area (Å²) in [5.74, 6) is 1.47. The Morgan fingerprint density at radius 2 is 1.50 bits per heavy atom. The van der Waals surface area contributed by atoms with Gasteiger partial charge in [-0.3, -0.25) is 4.98 Å². The maximum atomic E-state index is 5.61. The third-order valence-electron chi connectivity index (χ3n) is 5.05. The molecule has 0 aliphatic carbocycles. The van der Waals surface area contributed by atoms with E-state index in [1.807, 2.05) is 59.4 Å². The van der Waals surface area contributed by atoms with Gasteiger partial charge in [0.1, 0.15) is 5.69 Å². The highest BCUT2D eigenvalue weighted by molar-refractivity contribution is 6.09. The summed E-state index contributed by atoms with van der Waals surface area (Å²) in [4.78, 5) is 4.69. The van der Waals surface area contributed by atoms with Gasteiger partial charge in [-0.2, -0.15) is 5.10 Å². The van der Waals surface area contributed by atoms with E-state index in [1.165, 1.54) is 0 Å². The Labute approximate surface area is 160 Å². The predicted molar refractivity (Wildman–Crippen MR) is 108 cm³/mol. The lowest BCUT2D eigenvalue weighted by Gasteiger charge is -2.06. The molecule has 0 saturated heterocycles. The van der Waals surface area contributed by atoms with E-state index >= 15 is 0 Å². The molecular formula is C23H15N3O2. The van der Waals surface area contributed by atoms with E-state index in [0.29, 0.717) is 0 Å². The first kappa shape index (κ1) is 15.2. The van der Waals surface area contributed by atoms with Crippen molar-refractivity contribution in [3.63, 3.8) is 0 Å². The number of aromatic nitrogens is 3. The molecule has 0 fully saturated rings. The molecule has 5 nitrogen and oxygen atoms in total. The molecule has 0 unspecified atom stereocenters. The number of para-hydroxylation sites is 1. The Balaban J connectivity index is 1.75. The van der Waals surface area contributed by atoms with Gasteiger partial charge in [-0.05, 0) is 18.2 Å². The maximum absolute atomic E-state index is 5.61. The second-order valence-corrected chi connectivity index (χ2v) is 6.71. The molecule has 28 heavy (non-hydrogen) atoms. The van der Waals surface area contributed by atoms with Crippen molar-refractivity contribution in [1.29, 1.82) is 0 Å². The van der Waals surface area contributed by atoms with Crippen molar-refractivity contribution < 1.29 is 9.47 Å². The monoisotopic (exact) mass is 365 g/mol. The number of hydrogen-bond acceptors (Lipinski definition) is 4. The number of rotatable bonds is 2. The zero-order chi connectivity index (χ0) is 18.5. The lowest BCUT2D eigenvalue weighted by atomic mass is 10.1. The smallest absolute Gasteiger partial charge is 0.231 e. The zero-order valence-corrected chi connectivity index (χ0v) is 14.9. The first-order chi connectivity index (χ1) is 13.9. The Morgan fingerprint density at radius 3 is 2.29 bits per heavy atom. The van der Waals surface area contributed by atoms with E-state index in [1.54, 1.807) is 0 Å². The molecule has 1 aliphatic heterocycles. The van der Waals surface area contributed by atoms with E-state index in [4.69, 9.17) is 19.6 Å². The maximum Gasteiger partial charge on any atom is 0.231 e. The topological polar surface area (TPSA) is 49.2 Å². The lowest BCUT2D eigenvalue weighted by Crippen LogP contribution is -1.97. The molecule has 0 atom stereocenters. The Hall–Kier alpha value is -3.86. The van der Waals surface area contributed by atoms with E-state index in [-0.39, 0.29) is 6.79 Å². The van der Waals surface area contributed by atoms with Crippen molar-refractivity contribution in [3.8, 4) is 28.4 Å². The molecule has 0 radical (unpaired) electrons. The van der Waals surface area contributed by atoms with Crippen LogP contribution in [0.3, 0.4) is 0 Å². The van der Waals surface area contributed by atoms with Gasteiger partial charge in [0.2, 0.25) is 6.79 Å². The van der Waals surface area contributed by atoms with Crippen molar-refractivity contribution in [2.45, 2.75) is 0 Å². The minimum atomic E-state index is 0.238. The van der Waals surface area contributed by atoms with Gasteiger partial charge in [-0.15, -0.1) is 0 Å². The van der Waals surface area contributed by atoms with Gasteiger partial charge in [0.15, 0.2) is 11.5 Å². The van der Waals surface area contributed by atoms with Gasteiger partial charge in [0, 0.05) is 28.6 Å². The van der Waals surface area contributed by atoms with Crippen LogP contribution >= 0.6 is 0 Å². The van der Waals surface area contributed by atoms with Crippen LogP contribution in [0.25, 0.3) is 38.8 Å². The van der Waals surface area contributed by atoms with Crippen LogP contribution in [0.1, 0.15) is 0 Å². The van der Waals surface area contributed by atoms with Crippen molar-refractivity contribution in [1.82, 2.24) is 14.8 Å². The highest BCUT2D eigenvalue weighted by atomic mass is 16.7. The molecule has 134 valence electrons. The lowest BCUT2D eigenvalue weighted by molar-refractivity contribution is 0.174. The summed E-state index contributed by atoms with van der Waals surface area (Å²) in [5.41, 5.74) is 4.83. The SMILES string of the molecule is c1ccc(-c2nn(-c3ccccc3)c3c2cnc2cc4c(cc23)OCO4)cc1. The summed E-state index contributed by atoms with van der Waals surface area (Å²) in [6.07, 6.45) is 1.90. The van der Waals surface area contributed by atoms with Crippen molar-refractivity contribution in [3.05, 3.63) is 79.0 Å². The number of benzene rings is 3. The average molecular weight is 365 g/mol. The van der Waals surface area contributed by atoms with Crippen molar-refractivity contribution in [2.24, 2.45) is 0 Å². The molecule has 0 spiro atoms. The summed E-state index contributed by atoms with van der Waals surface area (Å²) >= 11 is 0. The van der Waals surface area contributed by atoms with Crippen molar-refractivity contribution in [2.75, 3.05) is 6.79 Å². The van der Waals surface area contributed by atoms with E-state index < -0.39 is 0 Å². The van der Waals surface area contributed by atoms with Crippen LogP contribution < -0.4 is 9.47 Å². The fourth-order valence-corrected chi connectivity index (χ4v) is 3.74. The Morgan fingerprint density at radius 1 is 0.786 bits per heavy atom. The fourth-order valence-electron chi connectivity index (χ4n) is 3.74. The Kier molecular flexibility index (Phi) is 3.17. The van der Waals surface area contributed by atoms with Crippen molar-refractivity contribution >= 4 is 21.8 Å². The van der Waals surface area contributed by atoms with E-state index in [2.05, 4.69) is 24.3 Å². The molecule has 0 amide bonds. The molecule has 5 heteroatoms. The predicted octanol–water partition coefficient (Wildman–Crippen LogP) is 4.97. The van der Waals surface area contributed by atoms with Crippen LogP contribution in [0.15, 0.2) is 79.0 Å². The normalized spacial score (nSPS) is 12.7. The highest BCUT2D eigenvalue weighted by Crippen LogP contribution is 2.40. The molecule has 2 aromatic heterocycles. The molecule has 5 aromatic rings. The van der Waals surface area contributed by atoms with Gasteiger partial charge in [0.25, 0.3) is 0 Å². The van der Waals surface area contributed by atoms with Crippen LogP contribution in [0.2, 0.25) is 0 Å². The molecule has 3 aromatic carbocycles. The number of hydrogen-bond donors (Lipinski definition) is 0. The average Bonchev–Trinajstić information content (AvgIpc) is 3.37. The van der Waals surface area contributed by atoms with E-state index in [9.17, 15) is 0 Å². The first-order valence-corrected chi connectivity index (χ1v) is 9.10.